The van der Waals surface area contributed by atoms with Gasteiger partial charge in [0.15, 0.2) is 0 Å². The van der Waals surface area contributed by atoms with Crippen LogP contribution < -0.4 is 11.3 Å². The van der Waals surface area contributed by atoms with E-state index in [-0.39, 0.29) is 17.9 Å². The van der Waals surface area contributed by atoms with Crippen LogP contribution in [0.3, 0.4) is 0 Å². The number of hydrogen-bond donors (Lipinski definition) is 1. The van der Waals surface area contributed by atoms with Crippen LogP contribution in [0.2, 0.25) is 0 Å². The number of hydrogen-bond acceptors (Lipinski definition) is 3. The van der Waals surface area contributed by atoms with E-state index in [1.54, 1.807) is 26.1 Å². The van der Waals surface area contributed by atoms with Gasteiger partial charge < -0.3 is 5.73 Å². The number of rotatable bonds is 2. The molecule has 0 aliphatic heterocycles. The first-order valence-electron chi connectivity index (χ1n) is 5.56. The number of aryl methyl sites for hydroxylation is 2. The molecule has 0 aliphatic carbocycles. The molecule has 94 valence electrons. The van der Waals surface area contributed by atoms with E-state index in [9.17, 15) is 9.18 Å². The second-order valence-corrected chi connectivity index (χ2v) is 4.15. The second-order valence-electron chi connectivity index (χ2n) is 4.15. The lowest BCUT2D eigenvalue weighted by Gasteiger charge is -2.09. The van der Waals surface area contributed by atoms with Crippen LogP contribution in [0.4, 0.5) is 4.39 Å². The molecule has 0 saturated carbocycles. The molecule has 0 atom stereocenters. The number of nitrogens with two attached hydrogens (primary N) is 1. The summed E-state index contributed by atoms with van der Waals surface area (Å²) in [6, 6.07) is 6.17. The minimum absolute atomic E-state index is 0.210. The molecule has 0 fully saturated rings. The van der Waals surface area contributed by atoms with Gasteiger partial charge in [-0.1, -0.05) is 0 Å². The van der Waals surface area contributed by atoms with Gasteiger partial charge in [0.1, 0.15) is 5.82 Å². The fraction of sp³-hybridized carbons (Fsp3) is 0.231. The second kappa shape index (κ2) is 4.70. The predicted molar refractivity (Wildman–Crippen MR) is 67.5 cm³/mol. The maximum atomic E-state index is 13.2. The third kappa shape index (κ3) is 2.17. The lowest BCUT2D eigenvalue weighted by atomic mass is 10.0. The van der Waals surface area contributed by atoms with Crippen LogP contribution in [0.5, 0.6) is 0 Å². The molecule has 0 amide bonds. The summed E-state index contributed by atoms with van der Waals surface area (Å²) in [5.74, 6) is -0.266. The van der Waals surface area contributed by atoms with Gasteiger partial charge in [0.05, 0.1) is 5.69 Å². The summed E-state index contributed by atoms with van der Waals surface area (Å²) in [7, 11) is 1.57. The molecule has 5 heteroatoms. The van der Waals surface area contributed by atoms with Crippen LogP contribution in [-0.2, 0) is 13.6 Å². The highest BCUT2D eigenvalue weighted by Gasteiger charge is 2.10. The first-order chi connectivity index (χ1) is 8.52. The molecule has 1 heterocycles. The Bertz CT molecular complexity index is 649. The molecule has 18 heavy (non-hydrogen) atoms. The lowest BCUT2D eigenvalue weighted by molar-refractivity contribution is 0.618. The van der Waals surface area contributed by atoms with E-state index >= 15 is 0 Å². The van der Waals surface area contributed by atoms with E-state index in [0.29, 0.717) is 16.8 Å². The Labute approximate surface area is 104 Å². The Balaban J connectivity index is 2.66. The van der Waals surface area contributed by atoms with Gasteiger partial charge in [-0.3, -0.25) is 4.79 Å². The molecule has 1 aromatic heterocycles. The normalized spacial score (nSPS) is 10.7. The molecule has 2 N–H and O–H groups in total. The van der Waals surface area contributed by atoms with Crippen molar-refractivity contribution in [3.8, 4) is 11.3 Å². The minimum Gasteiger partial charge on any atom is -0.326 e. The van der Waals surface area contributed by atoms with Crippen molar-refractivity contribution in [1.29, 1.82) is 0 Å². The zero-order valence-corrected chi connectivity index (χ0v) is 10.3. The molecule has 0 unspecified atom stereocenters. The van der Waals surface area contributed by atoms with Crippen LogP contribution in [0.25, 0.3) is 11.3 Å². The van der Waals surface area contributed by atoms with Crippen molar-refractivity contribution in [3.63, 3.8) is 0 Å². The lowest BCUT2D eigenvalue weighted by Crippen LogP contribution is -2.21. The largest absolute Gasteiger partial charge is 0.326 e. The molecule has 2 aromatic rings. The molecular formula is C13H14FN3O. The first kappa shape index (κ1) is 12.4. The van der Waals surface area contributed by atoms with E-state index in [0.717, 1.165) is 5.56 Å². The van der Waals surface area contributed by atoms with Crippen molar-refractivity contribution in [1.82, 2.24) is 9.78 Å². The molecular weight excluding hydrogens is 233 g/mol. The smallest absolute Gasteiger partial charge is 0.266 e. The van der Waals surface area contributed by atoms with Crippen LogP contribution in [0, 0.1) is 12.7 Å². The molecule has 0 aliphatic rings. The Hall–Kier alpha value is -2.01. The van der Waals surface area contributed by atoms with Gasteiger partial charge >= 0.3 is 0 Å². The van der Waals surface area contributed by atoms with Crippen LogP contribution in [-0.4, -0.2) is 9.78 Å². The summed E-state index contributed by atoms with van der Waals surface area (Å²) in [6.45, 7) is 1.90. The summed E-state index contributed by atoms with van der Waals surface area (Å²) < 4.78 is 14.5. The average Bonchev–Trinajstić information content (AvgIpc) is 2.35. The van der Waals surface area contributed by atoms with Gasteiger partial charge in [-0.2, -0.15) is 5.10 Å². The molecule has 2 rings (SSSR count). The van der Waals surface area contributed by atoms with Crippen LogP contribution in [0.15, 0.2) is 29.1 Å². The summed E-state index contributed by atoms with van der Waals surface area (Å²) in [5, 5.41) is 4.19. The van der Waals surface area contributed by atoms with Gasteiger partial charge in [-0.15, -0.1) is 0 Å². The van der Waals surface area contributed by atoms with Gasteiger partial charge in [0.25, 0.3) is 5.56 Å². The molecule has 0 radical (unpaired) electrons. The van der Waals surface area contributed by atoms with Crippen LogP contribution in [0.1, 0.15) is 11.1 Å². The van der Waals surface area contributed by atoms with Crippen molar-refractivity contribution >= 4 is 0 Å². The average molecular weight is 247 g/mol. The predicted octanol–water partition coefficient (Wildman–Crippen LogP) is 1.35. The van der Waals surface area contributed by atoms with E-state index in [1.807, 2.05) is 0 Å². The van der Waals surface area contributed by atoms with Crippen LogP contribution >= 0.6 is 0 Å². The standard InChI is InChI=1S/C13H14FN3O/c1-8-5-9(3-4-11(8)14)13-10(7-15)6-12(18)17(2)16-13/h3-6H,7,15H2,1-2H3. The number of aromatic nitrogens is 2. The SMILES string of the molecule is Cc1cc(-c2nn(C)c(=O)cc2CN)ccc1F. The number of nitrogens with zero attached hydrogens (tertiary/aromatic N) is 2. The summed E-state index contributed by atoms with van der Waals surface area (Å²) >= 11 is 0. The van der Waals surface area contributed by atoms with Gasteiger partial charge in [-0.25, -0.2) is 9.07 Å². The maximum Gasteiger partial charge on any atom is 0.266 e. The summed E-state index contributed by atoms with van der Waals surface area (Å²) in [6.07, 6.45) is 0. The zero-order chi connectivity index (χ0) is 13.3. The van der Waals surface area contributed by atoms with E-state index in [4.69, 9.17) is 5.73 Å². The molecule has 0 saturated heterocycles. The topological polar surface area (TPSA) is 60.9 Å². The fourth-order valence-electron chi connectivity index (χ4n) is 1.77. The Morgan fingerprint density at radius 1 is 1.39 bits per heavy atom. The quantitative estimate of drug-likeness (QED) is 0.871. The van der Waals surface area contributed by atoms with Crippen molar-refractivity contribution < 1.29 is 4.39 Å². The zero-order valence-electron chi connectivity index (χ0n) is 10.3. The van der Waals surface area contributed by atoms with Gasteiger partial charge in [0, 0.05) is 25.2 Å². The fourth-order valence-corrected chi connectivity index (χ4v) is 1.77. The van der Waals surface area contributed by atoms with Crippen molar-refractivity contribution in [2.45, 2.75) is 13.5 Å². The monoisotopic (exact) mass is 247 g/mol. The molecule has 0 spiro atoms. The Morgan fingerprint density at radius 3 is 2.72 bits per heavy atom. The first-order valence-corrected chi connectivity index (χ1v) is 5.56. The summed E-state index contributed by atoms with van der Waals surface area (Å²) in [4.78, 5) is 11.5. The Morgan fingerprint density at radius 2 is 2.11 bits per heavy atom. The van der Waals surface area contributed by atoms with Crippen molar-refractivity contribution in [3.05, 3.63) is 51.6 Å². The highest BCUT2D eigenvalue weighted by Crippen LogP contribution is 2.22. The van der Waals surface area contributed by atoms with Gasteiger partial charge in [-0.05, 0) is 36.2 Å². The highest BCUT2D eigenvalue weighted by atomic mass is 19.1. The third-order valence-corrected chi connectivity index (χ3v) is 2.82. The van der Waals surface area contributed by atoms with E-state index in [1.165, 1.54) is 16.8 Å². The van der Waals surface area contributed by atoms with Gasteiger partial charge in [0.2, 0.25) is 0 Å². The summed E-state index contributed by atoms with van der Waals surface area (Å²) in [5.41, 5.74) is 7.96. The Kier molecular flexibility index (Phi) is 3.25. The van der Waals surface area contributed by atoms with Crippen molar-refractivity contribution in [2.24, 2.45) is 12.8 Å². The maximum absolute atomic E-state index is 13.2. The van der Waals surface area contributed by atoms with Crippen molar-refractivity contribution in [2.75, 3.05) is 0 Å². The van der Waals surface area contributed by atoms with E-state index < -0.39 is 0 Å². The number of benzene rings is 1. The number of halogens is 1. The third-order valence-electron chi connectivity index (χ3n) is 2.82. The minimum atomic E-state index is -0.266. The molecule has 4 nitrogen and oxygen atoms in total. The highest BCUT2D eigenvalue weighted by molar-refractivity contribution is 5.63. The van der Waals surface area contributed by atoms with E-state index in [2.05, 4.69) is 5.10 Å². The molecule has 0 bridgehead atoms. The molecule has 1 aromatic carbocycles.